The molecule has 1 amide bonds. The maximum Gasteiger partial charge on any atom is 0.239 e. The zero-order valence-corrected chi connectivity index (χ0v) is 14.3. The Balaban J connectivity index is 0.00000200. The molecule has 1 atom stereocenters. The van der Waals surface area contributed by atoms with Crippen molar-refractivity contribution in [3.05, 3.63) is 29.8 Å². The molecule has 0 saturated carbocycles. The van der Waals surface area contributed by atoms with Crippen molar-refractivity contribution in [3.63, 3.8) is 0 Å². The van der Waals surface area contributed by atoms with Gasteiger partial charge in [0.2, 0.25) is 5.91 Å². The summed E-state index contributed by atoms with van der Waals surface area (Å²) in [5.41, 5.74) is 8.37. The number of anilines is 1. The van der Waals surface area contributed by atoms with Crippen LogP contribution in [-0.2, 0) is 4.79 Å². The van der Waals surface area contributed by atoms with Gasteiger partial charge in [0.15, 0.2) is 0 Å². The van der Waals surface area contributed by atoms with E-state index in [0.29, 0.717) is 6.42 Å². The molecule has 120 valence electrons. The molecule has 21 heavy (non-hydrogen) atoms. The van der Waals surface area contributed by atoms with Gasteiger partial charge in [-0.1, -0.05) is 25.1 Å². The molecule has 1 aromatic rings. The number of para-hydroxylation sites is 1. The van der Waals surface area contributed by atoms with Gasteiger partial charge >= 0.3 is 0 Å². The smallest absolute Gasteiger partial charge is 0.239 e. The highest BCUT2D eigenvalue weighted by Crippen LogP contribution is 2.20. The molecule has 1 aliphatic rings. The summed E-state index contributed by atoms with van der Waals surface area (Å²) in [6.07, 6.45) is 0.705. The Kier molecular flexibility index (Phi) is 8.71. The fourth-order valence-corrected chi connectivity index (χ4v) is 2.50. The van der Waals surface area contributed by atoms with Gasteiger partial charge < -0.3 is 15.5 Å². The number of amides is 1. The number of carbonyl (C=O) groups is 1. The zero-order chi connectivity index (χ0) is 13.8. The number of nitrogens with two attached hydrogens (primary N) is 1. The average molecular weight is 334 g/mol. The van der Waals surface area contributed by atoms with E-state index in [1.54, 1.807) is 0 Å². The molecule has 4 nitrogen and oxygen atoms in total. The zero-order valence-electron chi connectivity index (χ0n) is 12.6. The number of carbonyl (C=O) groups excluding carboxylic acids is 1. The summed E-state index contributed by atoms with van der Waals surface area (Å²) in [7, 11) is 0. The van der Waals surface area contributed by atoms with Crippen LogP contribution in [0.25, 0.3) is 0 Å². The van der Waals surface area contributed by atoms with Gasteiger partial charge in [0.25, 0.3) is 0 Å². The predicted molar refractivity (Wildman–Crippen MR) is 92.7 cm³/mol. The lowest BCUT2D eigenvalue weighted by Crippen LogP contribution is -2.53. The predicted octanol–water partition coefficient (Wildman–Crippen LogP) is 2.22. The number of hydrogen-bond donors (Lipinski definition) is 1. The number of halogens is 2. The van der Waals surface area contributed by atoms with Crippen LogP contribution in [0.2, 0.25) is 0 Å². The van der Waals surface area contributed by atoms with Gasteiger partial charge in [0, 0.05) is 31.9 Å². The monoisotopic (exact) mass is 333 g/mol. The second-order valence-electron chi connectivity index (χ2n) is 5.11. The molecule has 1 heterocycles. The molecule has 2 rings (SSSR count). The summed E-state index contributed by atoms with van der Waals surface area (Å²) in [6.45, 7) is 7.37. The van der Waals surface area contributed by atoms with Crippen molar-refractivity contribution in [1.29, 1.82) is 0 Å². The topological polar surface area (TPSA) is 49.6 Å². The standard InChI is InChI=1S/C15H23N3O.2ClH/c1-3-13(16)15(19)18-10-8-17(9-11-18)14-7-5-4-6-12(14)2;;/h4-7,13H,3,8-11,16H2,1-2H3;2*1H/t13-;;/m0../s1. The lowest BCUT2D eigenvalue weighted by atomic mass is 10.1. The first-order chi connectivity index (χ1) is 9.13. The summed E-state index contributed by atoms with van der Waals surface area (Å²) >= 11 is 0. The van der Waals surface area contributed by atoms with Crippen molar-refractivity contribution >= 4 is 36.4 Å². The van der Waals surface area contributed by atoms with Crippen LogP contribution < -0.4 is 10.6 Å². The highest BCUT2D eigenvalue weighted by atomic mass is 35.5. The molecule has 2 N–H and O–H groups in total. The van der Waals surface area contributed by atoms with Crippen molar-refractivity contribution in [2.45, 2.75) is 26.3 Å². The molecular formula is C15H25Cl2N3O. The van der Waals surface area contributed by atoms with Crippen molar-refractivity contribution in [3.8, 4) is 0 Å². The van der Waals surface area contributed by atoms with Crippen LogP contribution in [0.3, 0.4) is 0 Å². The summed E-state index contributed by atoms with van der Waals surface area (Å²) in [5, 5.41) is 0. The summed E-state index contributed by atoms with van der Waals surface area (Å²) < 4.78 is 0. The molecule has 0 radical (unpaired) electrons. The summed E-state index contributed by atoms with van der Waals surface area (Å²) in [4.78, 5) is 16.3. The third kappa shape index (κ3) is 4.77. The normalized spacial score (nSPS) is 15.8. The molecular weight excluding hydrogens is 309 g/mol. The first kappa shape index (κ1) is 20.0. The van der Waals surface area contributed by atoms with Crippen LogP contribution in [0.1, 0.15) is 18.9 Å². The van der Waals surface area contributed by atoms with Gasteiger partial charge in [-0.25, -0.2) is 0 Å². The van der Waals surface area contributed by atoms with Crippen LogP contribution in [0.15, 0.2) is 24.3 Å². The maximum absolute atomic E-state index is 12.0. The molecule has 1 saturated heterocycles. The Hall–Kier alpha value is -0.970. The van der Waals surface area contributed by atoms with E-state index in [1.807, 2.05) is 11.8 Å². The lowest BCUT2D eigenvalue weighted by Gasteiger charge is -2.37. The molecule has 1 aliphatic heterocycles. The Morgan fingerprint density at radius 1 is 1.19 bits per heavy atom. The van der Waals surface area contributed by atoms with E-state index in [0.717, 1.165) is 26.2 Å². The second kappa shape index (κ2) is 9.13. The van der Waals surface area contributed by atoms with Gasteiger partial charge in [0.1, 0.15) is 0 Å². The molecule has 0 aliphatic carbocycles. The Bertz CT molecular complexity index is 448. The van der Waals surface area contributed by atoms with E-state index in [2.05, 4.69) is 36.1 Å². The number of piperazine rings is 1. The fourth-order valence-electron chi connectivity index (χ4n) is 2.50. The minimum Gasteiger partial charge on any atom is -0.368 e. The Labute approximate surface area is 139 Å². The van der Waals surface area contributed by atoms with Crippen molar-refractivity contribution in [2.24, 2.45) is 5.73 Å². The molecule has 0 unspecified atom stereocenters. The molecule has 0 aromatic heterocycles. The largest absolute Gasteiger partial charge is 0.368 e. The third-order valence-electron chi connectivity index (χ3n) is 3.80. The molecule has 1 aromatic carbocycles. The van der Waals surface area contributed by atoms with Crippen molar-refractivity contribution in [2.75, 3.05) is 31.1 Å². The van der Waals surface area contributed by atoms with Gasteiger partial charge in [0.05, 0.1) is 6.04 Å². The van der Waals surface area contributed by atoms with Crippen LogP contribution >= 0.6 is 24.8 Å². The van der Waals surface area contributed by atoms with E-state index in [-0.39, 0.29) is 36.8 Å². The highest BCUT2D eigenvalue weighted by molar-refractivity contribution is 5.85. The third-order valence-corrected chi connectivity index (χ3v) is 3.80. The van der Waals surface area contributed by atoms with Crippen molar-refractivity contribution < 1.29 is 4.79 Å². The highest BCUT2D eigenvalue weighted by Gasteiger charge is 2.24. The first-order valence-corrected chi connectivity index (χ1v) is 6.98. The molecule has 0 bridgehead atoms. The van der Waals surface area contributed by atoms with Crippen molar-refractivity contribution in [1.82, 2.24) is 4.90 Å². The number of rotatable bonds is 3. The fraction of sp³-hybridized carbons (Fsp3) is 0.533. The Morgan fingerprint density at radius 3 is 2.29 bits per heavy atom. The Morgan fingerprint density at radius 2 is 1.76 bits per heavy atom. The van der Waals surface area contributed by atoms with E-state index < -0.39 is 0 Å². The number of hydrogen-bond acceptors (Lipinski definition) is 3. The second-order valence-corrected chi connectivity index (χ2v) is 5.11. The first-order valence-electron chi connectivity index (χ1n) is 6.98. The van der Waals surface area contributed by atoms with E-state index in [9.17, 15) is 4.79 Å². The van der Waals surface area contributed by atoms with Crippen LogP contribution in [0.4, 0.5) is 5.69 Å². The van der Waals surface area contributed by atoms with Crippen LogP contribution in [-0.4, -0.2) is 43.0 Å². The average Bonchev–Trinajstić information content (AvgIpc) is 2.46. The van der Waals surface area contributed by atoms with E-state index in [1.165, 1.54) is 11.3 Å². The summed E-state index contributed by atoms with van der Waals surface area (Å²) in [5.74, 6) is 0.0898. The number of nitrogens with zero attached hydrogens (tertiary/aromatic N) is 2. The van der Waals surface area contributed by atoms with E-state index >= 15 is 0 Å². The van der Waals surface area contributed by atoms with Gasteiger partial charge in [-0.3, -0.25) is 4.79 Å². The molecule has 1 fully saturated rings. The summed E-state index contributed by atoms with van der Waals surface area (Å²) in [6, 6.07) is 8.04. The minimum absolute atomic E-state index is 0. The molecule has 0 spiro atoms. The van der Waals surface area contributed by atoms with Gasteiger partial charge in [-0.2, -0.15) is 0 Å². The molecule has 6 heteroatoms. The SMILES string of the molecule is CC[C@H](N)C(=O)N1CCN(c2ccccc2C)CC1.Cl.Cl. The van der Waals surface area contributed by atoms with Gasteiger partial charge in [-0.15, -0.1) is 24.8 Å². The number of benzene rings is 1. The van der Waals surface area contributed by atoms with Crippen LogP contribution in [0, 0.1) is 6.92 Å². The quantitative estimate of drug-likeness (QED) is 0.922. The van der Waals surface area contributed by atoms with Crippen LogP contribution in [0.5, 0.6) is 0 Å². The maximum atomic E-state index is 12.0. The van der Waals surface area contributed by atoms with E-state index in [4.69, 9.17) is 5.73 Å². The van der Waals surface area contributed by atoms with Gasteiger partial charge in [-0.05, 0) is 25.0 Å². The number of aryl methyl sites for hydroxylation is 1. The minimum atomic E-state index is -0.343. The lowest BCUT2D eigenvalue weighted by molar-refractivity contribution is -0.132.